The van der Waals surface area contributed by atoms with Crippen molar-refractivity contribution in [2.75, 3.05) is 7.11 Å². The summed E-state index contributed by atoms with van der Waals surface area (Å²) in [7, 11) is 1.83. The molecule has 2 aliphatic carbocycles. The van der Waals surface area contributed by atoms with Gasteiger partial charge in [-0.2, -0.15) is 0 Å². The minimum absolute atomic E-state index is 0.378. The predicted octanol–water partition coefficient (Wildman–Crippen LogP) is 3.71. The Kier molecular flexibility index (Phi) is 3.01. The Morgan fingerprint density at radius 2 is 2.07 bits per heavy atom. The van der Waals surface area contributed by atoms with Crippen LogP contribution >= 0.6 is 0 Å². The molecule has 0 spiro atoms. The first-order valence-corrected chi connectivity index (χ1v) is 6.02. The summed E-state index contributed by atoms with van der Waals surface area (Å²) < 4.78 is 5.57. The number of rotatable bonds is 1. The van der Waals surface area contributed by atoms with Crippen molar-refractivity contribution in [3.8, 4) is 0 Å². The van der Waals surface area contributed by atoms with Crippen molar-refractivity contribution in [1.29, 1.82) is 0 Å². The van der Waals surface area contributed by atoms with Gasteiger partial charge in [-0.25, -0.2) is 0 Å². The van der Waals surface area contributed by atoms with Crippen LogP contribution in [0.1, 0.15) is 39.5 Å². The fraction of sp³-hybridized carbons (Fsp3) is 0.714. The molecule has 1 heteroatoms. The van der Waals surface area contributed by atoms with Gasteiger partial charge in [-0.15, -0.1) is 0 Å². The zero-order chi connectivity index (χ0) is 11.0. The normalized spacial score (nSPS) is 36.7. The van der Waals surface area contributed by atoms with E-state index in [1.54, 1.807) is 11.1 Å². The van der Waals surface area contributed by atoms with E-state index in [9.17, 15) is 0 Å². The summed E-state index contributed by atoms with van der Waals surface area (Å²) in [4.78, 5) is 0. The third-order valence-electron chi connectivity index (χ3n) is 4.21. The summed E-state index contributed by atoms with van der Waals surface area (Å²) in [5, 5.41) is 0. The first-order valence-electron chi connectivity index (χ1n) is 6.02. The molecule has 1 saturated carbocycles. The van der Waals surface area contributed by atoms with E-state index in [1.165, 1.54) is 24.8 Å². The van der Waals surface area contributed by atoms with Gasteiger partial charge in [0.1, 0.15) is 0 Å². The fourth-order valence-electron chi connectivity index (χ4n) is 3.16. The topological polar surface area (TPSA) is 9.23 Å². The molecule has 3 atom stereocenters. The molecule has 15 heavy (non-hydrogen) atoms. The fourth-order valence-corrected chi connectivity index (χ4v) is 3.16. The van der Waals surface area contributed by atoms with Crippen LogP contribution in [0.15, 0.2) is 23.3 Å². The van der Waals surface area contributed by atoms with E-state index in [0.717, 1.165) is 6.42 Å². The molecule has 0 amide bonds. The van der Waals surface area contributed by atoms with Gasteiger partial charge in [0.2, 0.25) is 0 Å². The molecule has 0 aliphatic heterocycles. The van der Waals surface area contributed by atoms with Gasteiger partial charge in [0, 0.05) is 13.0 Å². The van der Waals surface area contributed by atoms with Crippen molar-refractivity contribution in [2.24, 2.45) is 11.8 Å². The second kappa shape index (κ2) is 4.13. The molecule has 0 aromatic rings. The van der Waals surface area contributed by atoms with Crippen molar-refractivity contribution in [3.63, 3.8) is 0 Å². The average molecular weight is 206 g/mol. The predicted molar refractivity (Wildman–Crippen MR) is 63.8 cm³/mol. The van der Waals surface area contributed by atoms with Gasteiger partial charge < -0.3 is 4.74 Å². The van der Waals surface area contributed by atoms with Gasteiger partial charge in [-0.05, 0) is 38.5 Å². The highest BCUT2D eigenvalue weighted by molar-refractivity contribution is 5.31. The van der Waals surface area contributed by atoms with Crippen LogP contribution in [0.25, 0.3) is 0 Å². The Bertz CT molecular complexity index is 300. The molecule has 1 nitrogen and oxygen atoms in total. The second-order valence-corrected chi connectivity index (χ2v) is 5.21. The summed E-state index contributed by atoms with van der Waals surface area (Å²) in [5.74, 6) is 1.31. The minimum Gasteiger partial charge on any atom is -0.381 e. The lowest BCUT2D eigenvalue weighted by Gasteiger charge is -2.20. The number of fused-ring (bicyclic) bond motifs is 1. The van der Waals surface area contributed by atoms with E-state index in [1.807, 2.05) is 7.11 Å². The van der Waals surface area contributed by atoms with Gasteiger partial charge in [-0.3, -0.25) is 0 Å². The molecule has 0 aromatic heterocycles. The highest BCUT2D eigenvalue weighted by Crippen LogP contribution is 2.44. The maximum absolute atomic E-state index is 5.57. The Balaban J connectivity index is 2.26. The number of ether oxygens (including phenoxy) is 1. The quantitative estimate of drug-likeness (QED) is 0.594. The Labute approximate surface area is 93.2 Å². The molecule has 0 aromatic carbocycles. The number of hydrogen-bond acceptors (Lipinski definition) is 1. The van der Waals surface area contributed by atoms with E-state index in [2.05, 4.69) is 20.4 Å². The van der Waals surface area contributed by atoms with E-state index in [-0.39, 0.29) is 0 Å². The smallest absolute Gasteiger partial charge is 0.0637 e. The molecule has 3 unspecified atom stereocenters. The Morgan fingerprint density at radius 3 is 2.73 bits per heavy atom. The molecule has 84 valence electrons. The molecule has 0 radical (unpaired) electrons. The average Bonchev–Trinajstić information content (AvgIpc) is 2.50. The number of allylic oxidation sites excluding steroid dienone is 2. The molecule has 0 saturated heterocycles. The molecule has 1 fully saturated rings. The highest BCUT2D eigenvalue weighted by atomic mass is 16.5. The minimum atomic E-state index is 0.378. The molecular weight excluding hydrogens is 184 g/mol. The maximum Gasteiger partial charge on any atom is 0.0637 e. The summed E-state index contributed by atoms with van der Waals surface area (Å²) in [6.45, 7) is 8.87. The lowest BCUT2D eigenvalue weighted by atomic mass is 9.91. The summed E-state index contributed by atoms with van der Waals surface area (Å²) in [5.41, 5.74) is 4.69. The Hall–Kier alpha value is -0.560. The molecule has 2 rings (SSSR count). The molecular formula is C14H22O. The third-order valence-corrected chi connectivity index (χ3v) is 4.21. The zero-order valence-electron chi connectivity index (χ0n) is 10.2. The number of methoxy groups -OCH3 is 1. The van der Waals surface area contributed by atoms with Crippen molar-refractivity contribution in [1.82, 2.24) is 0 Å². The summed E-state index contributed by atoms with van der Waals surface area (Å²) in [6, 6.07) is 0. The number of hydrogen-bond donors (Lipinski definition) is 0. The van der Waals surface area contributed by atoms with Gasteiger partial charge in [0.15, 0.2) is 0 Å². The maximum atomic E-state index is 5.57. The summed E-state index contributed by atoms with van der Waals surface area (Å²) >= 11 is 0. The lowest BCUT2D eigenvalue weighted by molar-refractivity contribution is 0.0615. The standard InChI is InChI=1S/C14H22O/c1-9-5-6-12-10(2)8-14(15-4)11(3)7-13(9)12/h11-12,14H,2,5-8H2,1,3-4H3. The second-order valence-electron chi connectivity index (χ2n) is 5.21. The van der Waals surface area contributed by atoms with Crippen molar-refractivity contribution in [3.05, 3.63) is 23.3 Å². The first-order chi connectivity index (χ1) is 7.13. The van der Waals surface area contributed by atoms with Crippen molar-refractivity contribution in [2.45, 2.75) is 45.6 Å². The van der Waals surface area contributed by atoms with E-state index in [0.29, 0.717) is 17.9 Å². The van der Waals surface area contributed by atoms with Gasteiger partial charge in [0.05, 0.1) is 6.10 Å². The van der Waals surface area contributed by atoms with Gasteiger partial charge in [-0.1, -0.05) is 30.2 Å². The van der Waals surface area contributed by atoms with Crippen LogP contribution < -0.4 is 0 Å². The van der Waals surface area contributed by atoms with E-state index in [4.69, 9.17) is 4.74 Å². The van der Waals surface area contributed by atoms with Crippen LogP contribution in [0, 0.1) is 11.8 Å². The van der Waals surface area contributed by atoms with Crippen LogP contribution in [0.3, 0.4) is 0 Å². The SMILES string of the molecule is C=C1CC(OC)C(C)CC2=C(C)CCC12. The largest absolute Gasteiger partial charge is 0.381 e. The zero-order valence-corrected chi connectivity index (χ0v) is 10.2. The van der Waals surface area contributed by atoms with Crippen LogP contribution in [0.4, 0.5) is 0 Å². The molecule has 0 bridgehead atoms. The molecule has 0 heterocycles. The van der Waals surface area contributed by atoms with Gasteiger partial charge in [0.25, 0.3) is 0 Å². The lowest BCUT2D eigenvalue weighted by Crippen LogP contribution is -2.19. The van der Waals surface area contributed by atoms with Crippen LogP contribution in [0.5, 0.6) is 0 Å². The van der Waals surface area contributed by atoms with Gasteiger partial charge >= 0.3 is 0 Å². The highest BCUT2D eigenvalue weighted by Gasteiger charge is 2.33. The van der Waals surface area contributed by atoms with E-state index < -0.39 is 0 Å². The van der Waals surface area contributed by atoms with Crippen LogP contribution in [0.2, 0.25) is 0 Å². The summed E-state index contributed by atoms with van der Waals surface area (Å²) in [6.07, 6.45) is 5.23. The van der Waals surface area contributed by atoms with E-state index >= 15 is 0 Å². The van der Waals surface area contributed by atoms with Crippen molar-refractivity contribution >= 4 is 0 Å². The molecule has 0 N–H and O–H groups in total. The van der Waals surface area contributed by atoms with Crippen LogP contribution in [-0.4, -0.2) is 13.2 Å². The van der Waals surface area contributed by atoms with Crippen molar-refractivity contribution < 1.29 is 4.74 Å². The first kappa shape index (κ1) is 10.9. The monoisotopic (exact) mass is 206 g/mol. The molecule has 2 aliphatic rings. The Morgan fingerprint density at radius 1 is 1.33 bits per heavy atom. The van der Waals surface area contributed by atoms with Crippen LogP contribution in [-0.2, 0) is 4.74 Å². The third kappa shape index (κ3) is 1.90.